The van der Waals surface area contributed by atoms with Gasteiger partial charge in [0.05, 0.1) is 20.8 Å². The predicted octanol–water partition coefficient (Wildman–Crippen LogP) is 3.73. The quantitative estimate of drug-likeness (QED) is 0.808. The van der Waals surface area contributed by atoms with Crippen LogP contribution in [-0.4, -0.2) is 17.6 Å². The number of halogens is 1. The van der Waals surface area contributed by atoms with Gasteiger partial charge in [0.2, 0.25) is 0 Å². The van der Waals surface area contributed by atoms with Crippen molar-refractivity contribution in [3.63, 3.8) is 0 Å². The van der Waals surface area contributed by atoms with Gasteiger partial charge in [0, 0.05) is 0 Å². The van der Waals surface area contributed by atoms with E-state index in [4.69, 9.17) is 0 Å². The van der Waals surface area contributed by atoms with Crippen molar-refractivity contribution in [1.82, 2.24) is 9.19 Å². The zero-order valence-corrected chi connectivity index (χ0v) is 15.5. The molecule has 0 aliphatic heterocycles. The van der Waals surface area contributed by atoms with E-state index in [1.165, 1.54) is 0 Å². The minimum absolute atomic E-state index is 0.359. The first-order valence-electron chi connectivity index (χ1n) is 6.63. The zero-order valence-electron chi connectivity index (χ0n) is 13.1. The predicted molar refractivity (Wildman–Crippen MR) is 87.4 cm³/mol. The number of nitrogens with zero attached hydrogens (tertiary/aromatic N) is 2. The maximum Gasteiger partial charge on any atom is 0.283 e. The van der Waals surface area contributed by atoms with Gasteiger partial charge in [-0.15, -0.1) is 0 Å². The molecular weight excluding hydrogens is 352 g/mol. The summed E-state index contributed by atoms with van der Waals surface area (Å²) in [4.78, 5) is 0.359. The van der Waals surface area contributed by atoms with Gasteiger partial charge in [-0.05, 0) is 79.7 Å². The zero-order chi connectivity index (χ0) is 16.1. The molecule has 0 aliphatic carbocycles. The van der Waals surface area contributed by atoms with E-state index in [1.807, 2.05) is 33.8 Å². The lowest BCUT2D eigenvalue weighted by Gasteiger charge is -2.16. The van der Waals surface area contributed by atoms with Crippen LogP contribution in [0.2, 0.25) is 0 Å². The van der Waals surface area contributed by atoms with Crippen molar-refractivity contribution in [3.05, 3.63) is 44.2 Å². The van der Waals surface area contributed by atoms with Gasteiger partial charge in [-0.25, -0.2) is 0 Å². The molecule has 0 spiro atoms. The first kappa shape index (κ1) is 16.2. The van der Waals surface area contributed by atoms with Gasteiger partial charge >= 0.3 is 0 Å². The van der Waals surface area contributed by atoms with E-state index in [0.717, 1.165) is 30.8 Å². The topological polar surface area (TPSA) is 52.0 Å². The molecule has 21 heavy (non-hydrogen) atoms. The van der Waals surface area contributed by atoms with E-state index in [1.54, 1.807) is 13.8 Å². The third kappa shape index (κ3) is 2.44. The Bertz CT molecular complexity index is 810. The van der Waals surface area contributed by atoms with Gasteiger partial charge in [-0.1, -0.05) is 6.07 Å². The summed E-state index contributed by atoms with van der Waals surface area (Å²) in [6.45, 7) is 11.1. The van der Waals surface area contributed by atoms with Crippen molar-refractivity contribution in [2.45, 2.75) is 46.4 Å². The van der Waals surface area contributed by atoms with Crippen LogP contribution in [0, 0.1) is 41.5 Å². The van der Waals surface area contributed by atoms with Gasteiger partial charge in [-0.2, -0.15) is 17.6 Å². The molecule has 2 aromatic rings. The largest absolute Gasteiger partial charge is 0.283 e. The highest BCUT2D eigenvalue weighted by Gasteiger charge is 2.27. The van der Waals surface area contributed by atoms with Crippen LogP contribution in [0.1, 0.15) is 33.6 Å². The third-order valence-corrected chi connectivity index (χ3v) is 7.03. The van der Waals surface area contributed by atoms with Crippen LogP contribution in [0.3, 0.4) is 0 Å². The van der Waals surface area contributed by atoms with Crippen molar-refractivity contribution in [1.29, 1.82) is 0 Å². The summed E-state index contributed by atoms with van der Waals surface area (Å²) in [5.74, 6) is 0. The fourth-order valence-corrected chi connectivity index (χ4v) is 4.80. The van der Waals surface area contributed by atoms with E-state index >= 15 is 0 Å². The second-order valence-electron chi connectivity index (χ2n) is 5.42. The third-order valence-electron chi connectivity index (χ3n) is 3.95. The summed E-state index contributed by atoms with van der Waals surface area (Å²) < 4.78 is 27.9. The van der Waals surface area contributed by atoms with Crippen LogP contribution < -0.4 is 0 Å². The lowest BCUT2D eigenvalue weighted by Crippen LogP contribution is -2.19. The minimum Gasteiger partial charge on any atom is -0.199 e. The van der Waals surface area contributed by atoms with Crippen LogP contribution in [-0.2, 0) is 10.0 Å². The molecule has 1 aromatic heterocycles. The fraction of sp³-hybridized carbons (Fsp3) is 0.400. The highest BCUT2D eigenvalue weighted by Crippen LogP contribution is 2.30. The summed E-state index contributed by atoms with van der Waals surface area (Å²) in [6, 6.07) is 2.01. The molecule has 0 aliphatic rings. The Morgan fingerprint density at radius 2 is 1.48 bits per heavy atom. The van der Waals surface area contributed by atoms with Crippen molar-refractivity contribution < 1.29 is 8.42 Å². The van der Waals surface area contributed by atoms with Gasteiger partial charge in [-0.3, -0.25) is 0 Å². The van der Waals surface area contributed by atoms with Crippen LogP contribution in [0.4, 0.5) is 0 Å². The maximum atomic E-state index is 13.0. The molecule has 0 radical (unpaired) electrons. The lowest BCUT2D eigenvalue weighted by molar-refractivity contribution is 0.576. The van der Waals surface area contributed by atoms with Crippen molar-refractivity contribution in [3.8, 4) is 0 Å². The molecule has 114 valence electrons. The molecule has 1 heterocycles. The van der Waals surface area contributed by atoms with E-state index in [-0.39, 0.29) is 0 Å². The normalized spacial score (nSPS) is 12.0. The Kier molecular flexibility index (Phi) is 4.06. The molecule has 0 N–H and O–H groups in total. The second-order valence-corrected chi connectivity index (χ2v) is 7.92. The summed E-state index contributed by atoms with van der Waals surface area (Å²) in [5.41, 5.74) is 4.75. The standard InChI is InChI=1S/C15H19BrN2O2S/c1-8-7-9(2)11(4)15(10(8)3)21(19,20)18-13(6)14(16)12(5)17-18/h7H,1-6H3. The van der Waals surface area contributed by atoms with Gasteiger partial charge in [0.1, 0.15) is 0 Å². The summed E-state index contributed by atoms with van der Waals surface area (Å²) in [7, 11) is -3.70. The molecule has 0 saturated heterocycles. The first-order chi connectivity index (χ1) is 9.59. The highest BCUT2D eigenvalue weighted by molar-refractivity contribution is 9.10. The summed E-state index contributed by atoms with van der Waals surface area (Å²) >= 11 is 3.38. The average molecular weight is 371 g/mol. The van der Waals surface area contributed by atoms with Gasteiger partial charge in [0.15, 0.2) is 0 Å². The molecular formula is C15H19BrN2O2S. The maximum absolute atomic E-state index is 13.0. The number of aryl methyl sites for hydroxylation is 3. The Balaban J connectivity index is 2.85. The Hall–Kier alpha value is -1.14. The first-order valence-corrected chi connectivity index (χ1v) is 8.87. The monoisotopic (exact) mass is 370 g/mol. The number of benzene rings is 1. The van der Waals surface area contributed by atoms with Gasteiger partial charge < -0.3 is 0 Å². The van der Waals surface area contributed by atoms with Crippen molar-refractivity contribution in [2.75, 3.05) is 0 Å². The molecule has 4 nitrogen and oxygen atoms in total. The fourth-order valence-electron chi connectivity index (χ4n) is 2.49. The molecule has 0 bridgehead atoms. The van der Waals surface area contributed by atoms with E-state index in [0.29, 0.717) is 16.3 Å². The van der Waals surface area contributed by atoms with Crippen LogP contribution in [0.5, 0.6) is 0 Å². The van der Waals surface area contributed by atoms with E-state index in [9.17, 15) is 8.42 Å². The minimum atomic E-state index is -3.70. The molecule has 1 aromatic carbocycles. The van der Waals surface area contributed by atoms with Crippen LogP contribution >= 0.6 is 15.9 Å². The number of hydrogen-bond acceptors (Lipinski definition) is 3. The SMILES string of the molecule is Cc1cc(C)c(C)c(S(=O)(=O)n2nc(C)c(Br)c2C)c1C. The molecule has 0 saturated carbocycles. The Morgan fingerprint density at radius 1 is 1.00 bits per heavy atom. The number of rotatable bonds is 2. The van der Waals surface area contributed by atoms with E-state index in [2.05, 4.69) is 21.0 Å². The van der Waals surface area contributed by atoms with Crippen LogP contribution in [0.15, 0.2) is 15.4 Å². The highest BCUT2D eigenvalue weighted by atomic mass is 79.9. The summed E-state index contributed by atoms with van der Waals surface area (Å²) in [5, 5.41) is 4.18. The molecule has 0 fully saturated rings. The van der Waals surface area contributed by atoms with Crippen LogP contribution in [0.25, 0.3) is 0 Å². The van der Waals surface area contributed by atoms with E-state index < -0.39 is 10.0 Å². The molecule has 6 heteroatoms. The summed E-state index contributed by atoms with van der Waals surface area (Å²) in [6.07, 6.45) is 0. The lowest BCUT2D eigenvalue weighted by atomic mass is 10.0. The van der Waals surface area contributed by atoms with Crippen molar-refractivity contribution >= 4 is 26.0 Å². The Labute approximate surface area is 134 Å². The average Bonchev–Trinajstić information content (AvgIpc) is 2.65. The molecule has 2 rings (SSSR count). The number of hydrogen-bond donors (Lipinski definition) is 0. The number of aromatic nitrogens is 2. The second kappa shape index (κ2) is 5.25. The molecule has 0 unspecified atom stereocenters. The Morgan fingerprint density at radius 3 is 1.86 bits per heavy atom. The smallest absolute Gasteiger partial charge is 0.199 e. The van der Waals surface area contributed by atoms with Gasteiger partial charge in [0.25, 0.3) is 10.0 Å². The molecule has 0 amide bonds. The molecule has 0 atom stereocenters. The van der Waals surface area contributed by atoms with Crippen molar-refractivity contribution in [2.24, 2.45) is 0 Å².